The fourth-order valence-electron chi connectivity index (χ4n) is 1.79. The van der Waals surface area contributed by atoms with Gasteiger partial charge in [-0.2, -0.15) is 18.3 Å². The van der Waals surface area contributed by atoms with E-state index in [0.29, 0.717) is 17.7 Å². The first-order valence-corrected chi connectivity index (χ1v) is 6.31. The maximum absolute atomic E-state index is 12.5. The summed E-state index contributed by atoms with van der Waals surface area (Å²) in [5.41, 5.74) is 0.0987. The van der Waals surface area contributed by atoms with Crippen LogP contribution in [0.2, 0.25) is 0 Å². The number of amides is 1. The second-order valence-corrected chi connectivity index (χ2v) is 4.56. The number of hydrogen-bond donors (Lipinski definition) is 1. The minimum absolute atomic E-state index is 0.149. The molecule has 0 bridgehead atoms. The fraction of sp³-hybridized carbons (Fsp3) is 0.286. The van der Waals surface area contributed by atoms with Gasteiger partial charge in [-0.1, -0.05) is 12.1 Å². The highest BCUT2D eigenvalue weighted by Crippen LogP contribution is 2.30. The zero-order valence-electron chi connectivity index (χ0n) is 11.5. The highest BCUT2D eigenvalue weighted by atomic mass is 19.4. The Morgan fingerprint density at radius 2 is 2.05 bits per heavy atom. The number of carbonyl (C=O) groups is 1. The molecule has 0 fully saturated rings. The van der Waals surface area contributed by atoms with Gasteiger partial charge >= 0.3 is 6.18 Å². The van der Waals surface area contributed by atoms with Crippen molar-refractivity contribution in [2.24, 2.45) is 0 Å². The van der Waals surface area contributed by atoms with Crippen LogP contribution in [0.4, 0.5) is 13.2 Å². The smallest absolute Gasteiger partial charge is 0.342 e. The van der Waals surface area contributed by atoms with E-state index in [1.807, 2.05) is 12.0 Å². The second-order valence-electron chi connectivity index (χ2n) is 4.56. The molecule has 0 aliphatic carbocycles. The van der Waals surface area contributed by atoms with E-state index < -0.39 is 11.9 Å². The Kier molecular flexibility index (Phi) is 4.02. The van der Waals surface area contributed by atoms with E-state index in [4.69, 9.17) is 0 Å². The summed E-state index contributed by atoms with van der Waals surface area (Å²) in [5.74, 6) is -0.189. The first kappa shape index (κ1) is 15.1. The number of alkyl halides is 3. The molecule has 0 saturated heterocycles. The molecule has 0 unspecified atom stereocenters. The molecule has 0 aliphatic rings. The summed E-state index contributed by atoms with van der Waals surface area (Å²) >= 11 is 0. The van der Waals surface area contributed by atoms with Crippen LogP contribution in [-0.4, -0.2) is 34.6 Å². The van der Waals surface area contributed by atoms with E-state index in [-0.39, 0.29) is 11.6 Å². The Hall–Kier alpha value is -2.31. The summed E-state index contributed by atoms with van der Waals surface area (Å²) in [5, 5.41) is 5.60. The molecule has 0 aliphatic heterocycles. The van der Waals surface area contributed by atoms with Crippen LogP contribution in [0.3, 0.4) is 0 Å². The Balaban J connectivity index is 2.33. The molecule has 7 heteroatoms. The average Bonchev–Trinajstić information content (AvgIpc) is 2.95. The van der Waals surface area contributed by atoms with Crippen molar-refractivity contribution in [1.82, 2.24) is 15.1 Å². The number of rotatable bonds is 3. The lowest BCUT2D eigenvalue weighted by atomic mass is 10.1. The summed E-state index contributed by atoms with van der Waals surface area (Å²) in [4.78, 5) is 13.6. The van der Waals surface area contributed by atoms with Crippen LogP contribution in [0.1, 0.15) is 23.0 Å². The Morgan fingerprint density at radius 1 is 1.33 bits per heavy atom. The van der Waals surface area contributed by atoms with Crippen molar-refractivity contribution < 1.29 is 18.0 Å². The van der Waals surface area contributed by atoms with Crippen molar-refractivity contribution in [2.75, 3.05) is 13.6 Å². The number of H-pyrrole nitrogens is 1. The van der Waals surface area contributed by atoms with Crippen molar-refractivity contribution in [3.8, 4) is 11.3 Å². The molecule has 1 aromatic heterocycles. The molecule has 21 heavy (non-hydrogen) atoms. The molecule has 0 radical (unpaired) electrons. The van der Waals surface area contributed by atoms with Gasteiger partial charge in [-0.05, 0) is 25.1 Å². The lowest BCUT2D eigenvalue weighted by molar-refractivity contribution is -0.141. The molecular formula is C14H14F3N3O. The fourth-order valence-corrected chi connectivity index (χ4v) is 1.79. The Labute approximate surface area is 119 Å². The van der Waals surface area contributed by atoms with Gasteiger partial charge in [0.2, 0.25) is 0 Å². The standard InChI is InChI=1S/C14H14F3N3O/c1-3-20(2)13(21)10-6-4-5-9(7-10)11-8-12(19-18-11)14(15,16)17/h4-8H,3H2,1-2H3,(H,18,19). The lowest BCUT2D eigenvalue weighted by Crippen LogP contribution is -2.26. The number of halogens is 3. The zero-order valence-corrected chi connectivity index (χ0v) is 11.5. The number of nitrogens with zero attached hydrogens (tertiary/aromatic N) is 2. The average molecular weight is 297 g/mol. The molecule has 1 amide bonds. The molecule has 0 saturated carbocycles. The Morgan fingerprint density at radius 3 is 2.62 bits per heavy atom. The van der Waals surface area contributed by atoms with Gasteiger partial charge in [-0.25, -0.2) is 0 Å². The molecule has 2 rings (SSSR count). The van der Waals surface area contributed by atoms with Crippen LogP contribution in [0.15, 0.2) is 30.3 Å². The Bertz CT molecular complexity index is 649. The van der Waals surface area contributed by atoms with Gasteiger partial charge in [0.05, 0.1) is 5.69 Å². The molecule has 1 aromatic carbocycles. The summed E-state index contributed by atoms with van der Waals surface area (Å²) in [7, 11) is 1.66. The first-order chi connectivity index (χ1) is 9.82. The number of hydrogen-bond acceptors (Lipinski definition) is 2. The molecule has 0 atom stereocenters. The van der Waals surface area contributed by atoms with E-state index >= 15 is 0 Å². The van der Waals surface area contributed by atoms with Gasteiger partial charge in [0.25, 0.3) is 5.91 Å². The summed E-state index contributed by atoms with van der Waals surface area (Å²) < 4.78 is 37.6. The minimum atomic E-state index is -4.47. The van der Waals surface area contributed by atoms with Crippen LogP contribution < -0.4 is 0 Å². The van der Waals surface area contributed by atoms with Crippen molar-refractivity contribution in [2.45, 2.75) is 13.1 Å². The van der Waals surface area contributed by atoms with E-state index in [9.17, 15) is 18.0 Å². The van der Waals surface area contributed by atoms with Crippen LogP contribution in [-0.2, 0) is 6.18 Å². The maximum atomic E-state index is 12.5. The van der Waals surface area contributed by atoms with Gasteiger partial charge in [-0.15, -0.1) is 0 Å². The third-order valence-corrected chi connectivity index (χ3v) is 3.11. The summed E-state index contributed by atoms with van der Waals surface area (Å²) in [6.07, 6.45) is -4.47. The van der Waals surface area contributed by atoms with Crippen molar-refractivity contribution in [3.05, 3.63) is 41.6 Å². The third-order valence-electron chi connectivity index (χ3n) is 3.11. The SMILES string of the molecule is CCN(C)C(=O)c1cccc(-c2cc(C(F)(F)F)[nH]n2)c1. The molecule has 4 nitrogen and oxygen atoms in total. The van der Waals surface area contributed by atoms with Gasteiger partial charge < -0.3 is 4.90 Å². The van der Waals surface area contributed by atoms with Crippen molar-refractivity contribution in [1.29, 1.82) is 0 Å². The molecule has 0 spiro atoms. The number of benzene rings is 1. The van der Waals surface area contributed by atoms with Crippen molar-refractivity contribution >= 4 is 5.91 Å². The predicted octanol–water partition coefficient (Wildman–Crippen LogP) is 3.19. The lowest BCUT2D eigenvalue weighted by Gasteiger charge is -2.14. The van der Waals surface area contributed by atoms with Gasteiger partial charge in [0.1, 0.15) is 5.69 Å². The van der Waals surface area contributed by atoms with E-state index in [0.717, 1.165) is 6.07 Å². The van der Waals surface area contributed by atoms with Crippen LogP contribution in [0.25, 0.3) is 11.3 Å². The normalized spacial score (nSPS) is 11.5. The summed E-state index contributed by atoms with van der Waals surface area (Å²) in [6, 6.07) is 7.31. The van der Waals surface area contributed by atoms with Crippen LogP contribution >= 0.6 is 0 Å². The number of aromatic amines is 1. The molecule has 1 N–H and O–H groups in total. The van der Waals surface area contributed by atoms with E-state index in [1.54, 1.807) is 25.2 Å². The second kappa shape index (κ2) is 5.59. The molecular weight excluding hydrogens is 283 g/mol. The first-order valence-electron chi connectivity index (χ1n) is 6.31. The number of carbonyl (C=O) groups excluding carboxylic acids is 1. The van der Waals surface area contributed by atoms with Crippen molar-refractivity contribution in [3.63, 3.8) is 0 Å². The summed E-state index contributed by atoms with van der Waals surface area (Å²) in [6.45, 7) is 2.38. The van der Waals surface area contributed by atoms with Gasteiger partial charge in [0, 0.05) is 24.7 Å². The largest absolute Gasteiger partial charge is 0.432 e. The predicted molar refractivity (Wildman–Crippen MR) is 71.7 cm³/mol. The number of nitrogens with one attached hydrogen (secondary N) is 1. The van der Waals surface area contributed by atoms with Gasteiger partial charge in [0.15, 0.2) is 0 Å². The minimum Gasteiger partial charge on any atom is -0.342 e. The highest BCUT2D eigenvalue weighted by Gasteiger charge is 2.33. The molecule has 112 valence electrons. The van der Waals surface area contributed by atoms with Crippen LogP contribution in [0, 0.1) is 0 Å². The zero-order chi connectivity index (χ0) is 15.6. The third kappa shape index (κ3) is 3.24. The van der Waals surface area contributed by atoms with Gasteiger partial charge in [-0.3, -0.25) is 9.89 Å². The highest BCUT2D eigenvalue weighted by molar-refractivity contribution is 5.95. The molecule has 2 aromatic rings. The van der Waals surface area contributed by atoms with E-state index in [1.165, 1.54) is 11.0 Å². The maximum Gasteiger partial charge on any atom is 0.432 e. The number of aromatic nitrogens is 2. The monoisotopic (exact) mass is 297 g/mol. The quantitative estimate of drug-likeness (QED) is 0.946. The van der Waals surface area contributed by atoms with E-state index in [2.05, 4.69) is 5.10 Å². The van der Waals surface area contributed by atoms with Crippen LogP contribution in [0.5, 0.6) is 0 Å². The topological polar surface area (TPSA) is 49.0 Å². The molecule has 1 heterocycles.